The fourth-order valence-electron chi connectivity index (χ4n) is 2.33. The van der Waals surface area contributed by atoms with Crippen molar-refractivity contribution in [2.45, 2.75) is 79.1 Å². The van der Waals surface area contributed by atoms with E-state index >= 15 is 0 Å². The largest absolute Gasteiger partial charge is 2.00 e. The van der Waals surface area contributed by atoms with Crippen LogP contribution in [0.2, 0.25) is 0 Å². The SMILES string of the molecule is C.C1CCCC1.CC(=O)NCNC(C)=O.NCN.O=C(Cl)C1CCCC1.[CH3-].[CH3-].[Fe+2]. The van der Waals surface area contributed by atoms with Gasteiger partial charge in [0.25, 0.3) is 0 Å². The first-order valence-corrected chi connectivity index (χ1v) is 9.31. The number of hydrogen-bond acceptors (Lipinski definition) is 5. The quantitative estimate of drug-likeness (QED) is 0.213. The molecular weight excluding hydrogens is 436 g/mol. The van der Waals surface area contributed by atoms with Gasteiger partial charge in [0.15, 0.2) is 0 Å². The van der Waals surface area contributed by atoms with E-state index in [0.717, 1.165) is 12.8 Å². The molecule has 0 radical (unpaired) electrons. The predicted octanol–water partition coefficient (Wildman–Crippen LogP) is 3.50. The van der Waals surface area contributed by atoms with Gasteiger partial charge in [-0.15, -0.1) is 0 Å². The summed E-state index contributed by atoms with van der Waals surface area (Å²) in [6.45, 7) is 3.24. The molecule has 2 aliphatic carbocycles. The van der Waals surface area contributed by atoms with E-state index in [4.69, 9.17) is 11.6 Å². The number of nitrogens with two attached hydrogens (primary N) is 2. The molecule has 29 heavy (non-hydrogen) atoms. The topological polar surface area (TPSA) is 127 Å². The minimum atomic E-state index is -0.149. The summed E-state index contributed by atoms with van der Waals surface area (Å²) in [7, 11) is 0. The number of halogens is 1. The van der Waals surface area contributed by atoms with Crippen LogP contribution in [0.4, 0.5) is 0 Å². The van der Waals surface area contributed by atoms with Crippen molar-refractivity contribution in [1.29, 1.82) is 0 Å². The zero-order valence-electron chi connectivity index (χ0n) is 18.0. The van der Waals surface area contributed by atoms with Crippen LogP contribution in [0.15, 0.2) is 0 Å². The molecule has 2 amide bonds. The van der Waals surface area contributed by atoms with Crippen LogP contribution >= 0.6 is 11.6 Å². The summed E-state index contributed by atoms with van der Waals surface area (Å²) in [6, 6.07) is 0. The molecule has 0 aromatic carbocycles. The van der Waals surface area contributed by atoms with E-state index in [2.05, 4.69) is 22.1 Å². The van der Waals surface area contributed by atoms with Crippen LogP contribution in [0.5, 0.6) is 0 Å². The van der Waals surface area contributed by atoms with Crippen molar-refractivity contribution in [2.75, 3.05) is 13.3 Å². The Hall–Kier alpha value is -0.661. The average Bonchev–Trinajstić information content (AvgIpc) is 3.25. The van der Waals surface area contributed by atoms with Gasteiger partial charge in [0.2, 0.25) is 17.1 Å². The summed E-state index contributed by atoms with van der Waals surface area (Å²) in [5.74, 6) is -0.107. The molecule has 0 aromatic rings. The summed E-state index contributed by atoms with van der Waals surface area (Å²) < 4.78 is 0. The number of amides is 2. The number of carbonyl (C=O) groups excluding carboxylic acids is 3. The van der Waals surface area contributed by atoms with E-state index in [1.165, 1.54) is 58.8 Å². The van der Waals surface area contributed by atoms with Gasteiger partial charge in [-0.2, -0.15) is 0 Å². The Morgan fingerprint density at radius 1 is 0.828 bits per heavy atom. The molecule has 2 aliphatic rings. The maximum absolute atomic E-state index is 10.4. The monoisotopic (exact) mass is 480 g/mol. The molecule has 9 heteroatoms. The Labute approximate surface area is 195 Å². The van der Waals surface area contributed by atoms with Crippen molar-refractivity contribution in [1.82, 2.24) is 10.6 Å². The third-order valence-corrected chi connectivity index (χ3v) is 3.91. The normalized spacial score (nSPS) is 13.3. The molecule has 0 bridgehead atoms. The molecule has 2 fully saturated rings. The second-order valence-electron chi connectivity index (χ2n) is 5.93. The van der Waals surface area contributed by atoms with Crippen molar-refractivity contribution < 1.29 is 31.5 Å². The first-order valence-electron chi connectivity index (χ1n) is 8.93. The van der Waals surface area contributed by atoms with Gasteiger partial charge >= 0.3 is 17.1 Å². The number of nitrogens with one attached hydrogen (secondary N) is 2. The second kappa shape index (κ2) is 32.0. The molecule has 0 heterocycles. The van der Waals surface area contributed by atoms with Gasteiger partial charge in [-0.05, 0) is 24.4 Å². The average molecular weight is 481 g/mol. The molecule has 178 valence electrons. The fraction of sp³-hybridized carbons (Fsp3) is 0.750. The Morgan fingerprint density at radius 3 is 1.28 bits per heavy atom. The van der Waals surface area contributed by atoms with Crippen LogP contribution in [0.25, 0.3) is 0 Å². The zero-order valence-corrected chi connectivity index (χ0v) is 19.8. The Bertz CT molecular complexity index is 344. The van der Waals surface area contributed by atoms with Gasteiger partial charge in [-0.1, -0.05) is 52.4 Å². The molecule has 0 atom stereocenters. The van der Waals surface area contributed by atoms with E-state index in [1.54, 1.807) is 0 Å². The van der Waals surface area contributed by atoms with Crippen LogP contribution in [-0.4, -0.2) is 30.4 Å². The van der Waals surface area contributed by atoms with Gasteiger partial charge in [0.05, 0.1) is 6.67 Å². The van der Waals surface area contributed by atoms with Crippen LogP contribution in [0, 0.1) is 20.8 Å². The van der Waals surface area contributed by atoms with Crippen molar-refractivity contribution in [3.05, 3.63) is 14.9 Å². The summed E-state index contributed by atoms with van der Waals surface area (Å²) in [5, 5.41) is 4.68. The second-order valence-corrected chi connectivity index (χ2v) is 6.30. The Morgan fingerprint density at radius 2 is 1.10 bits per heavy atom. The molecule has 0 spiro atoms. The van der Waals surface area contributed by atoms with Crippen molar-refractivity contribution in [3.8, 4) is 0 Å². The smallest absolute Gasteiger partial charge is 0.358 e. The maximum Gasteiger partial charge on any atom is 2.00 e. The Balaban J connectivity index is -0.0000000613. The van der Waals surface area contributed by atoms with Crippen molar-refractivity contribution in [3.63, 3.8) is 0 Å². The molecular formula is C20H45ClFeN4O3. The molecule has 2 rings (SSSR count). The van der Waals surface area contributed by atoms with Gasteiger partial charge < -0.3 is 37.0 Å². The van der Waals surface area contributed by atoms with Crippen LogP contribution in [-0.2, 0) is 31.5 Å². The predicted molar refractivity (Wildman–Crippen MR) is 121 cm³/mol. The van der Waals surface area contributed by atoms with E-state index in [1.807, 2.05) is 0 Å². The van der Waals surface area contributed by atoms with E-state index < -0.39 is 0 Å². The molecule has 0 aromatic heterocycles. The van der Waals surface area contributed by atoms with Crippen LogP contribution in [0.3, 0.4) is 0 Å². The Kier molecular flexibility index (Phi) is 46.9. The summed E-state index contributed by atoms with van der Waals surface area (Å²) in [6.07, 6.45) is 11.9. The fourth-order valence-corrected chi connectivity index (χ4v) is 2.55. The van der Waals surface area contributed by atoms with Gasteiger partial charge in [-0.25, -0.2) is 0 Å². The van der Waals surface area contributed by atoms with E-state index in [9.17, 15) is 14.4 Å². The first-order chi connectivity index (χ1) is 11.8. The number of rotatable bonds is 3. The third kappa shape index (κ3) is 38.5. The van der Waals surface area contributed by atoms with Gasteiger partial charge in [-0.3, -0.25) is 14.4 Å². The standard InChI is InChI=1S/C6H9ClO.C5H10N2O2.C5H10.CH6N2.CH4.2CH3.Fe/c7-6(8)5-3-1-2-4-5;1-4(8)6-3-7-5(2)9;1-2-4-5-3-1;2-1-3;;;;/h5H,1-4H2;3H2,1-2H3,(H,6,8)(H,7,9);1-5H2;1-3H2;1H4;2*1H3;/q;;;;;2*-1;+2. The van der Waals surface area contributed by atoms with Crippen LogP contribution < -0.4 is 22.1 Å². The molecule has 0 aliphatic heterocycles. The molecule has 6 N–H and O–H groups in total. The molecule has 0 saturated heterocycles. The van der Waals surface area contributed by atoms with Gasteiger partial charge in [0, 0.05) is 26.4 Å². The first kappa shape index (κ1) is 42.4. The van der Waals surface area contributed by atoms with Crippen molar-refractivity contribution in [2.24, 2.45) is 17.4 Å². The van der Waals surface area contributed by atoms with Crippen molar-refractivity contribution >= 4 is 28.7 Å². The third-order valence-electron chi connectivity index (χ3n) is 3.60. The summed E-state index contributed by atoms with van der Waals surface area (Å²) >= 11 is 5.25. The summed E-state index contributed by atoms with van der Waals surface area (Å²) in [4.78, 5) is 30.7. The number of carbonyl (C=O) groups is 3. The van der Waals surface area contributed by atoms with E-state index in [0.29, 0.717) is 0 Å². The van der Waals surface area contributed by atoms with E-state index in [-0.39, 0.29) is 75.7 Å². The molecule has 7 nitrogen and oxygen atoms in total. The van der Waals surface area contributed by atoms with Gasteiger partial charge in [0.1, 0.15) is 0 Å². The van der Waals surface area contributed by atoms with Crippen LogP contribution in [0.1, 0.15) is 79.1 Å². The molecule has 0 unspecified atom stereocenters. The molecule has 2 saturated carbocycles. The minimum absolute atomic E-state index is 0. The zero-order chi connectivity index (χ0) is 19.5. The summed E-state index contributed by atoms with van der Waals surface area (Å²) in [5.41, 5.74) is 9.25. The maximum atomic E-state index is 10.4. The minimum Gasteiger partial charge on any atom is -0.358 e. The number of hydrogen-bond donors (Lipinski definition) is 4.